The summed E-state index contributed by atoms with van der Waals surface area (Å²) in [6, 6.07) is 5.17. The average molecular weight is 235 g/mol. The number of nitrogens with one attached hydrogen (secondary N) is 2. The maximum absolute atomic E-state index is 9.71. The van der Waals surface area contributed by atoms with E-state index in [-0.39, 0.29) is 5.75 Å². The normalized spacial score (nSPS) is 10.4. The Morgan fingerprint density at radius 1 is 1.41 bits per heavy atom. The molecule has 0 atom stereocenters. The summed E-state index contributed by atoms with van der Waals surface area (Å²) < 4.78 is 5.00. The number of methoxy groups -OCH3 is 1. The lowest BCUT2D eigenvalue weighted by molar-refractivity contribution is 0.406. The van der Waals surface area contributed by atoms with Crippen molar-refractivity contribution in [2.24, 2.45) is 0 Å². The third kappa shape index (κ3) is 2.91. The second-order valence-corrected chi connectivity index (χ2v) is 3.43. The molecule has 7 heteroatoms. The summed E-state index contributed by atoms with van der Waals surface area (Å²) in [6.07, 6.45) is 0. The van der Waals surface area contributed by atoms with E-state index in [4.69, 9.17) is 4.74 Å². The van der Waals surface area contributed by atoms with Gasteiger partial charge in [0.2, 0.25) is 0 Å². The standard InChI is InChI=1S/C10H13N5O2/c1-17-8-3-2-7(9(16)4-8)5-11-6-10-12-14-15-13-10/h2-4,11,16H,5-6H2,1H3,(H,12,13,14,15). The molecular formula is C10H13N5O2. The zero-order valence-electron chi connectivity index (χ0n) is 9.34. The van der Waals surface area contributed by atoms with Gasteiger partial charge in [-0.25, -0.2) is 0 Å². The molecule has 90 valence electrons. The molecule has 1 heterocycles. The number of aromatic hydroxyl groups is 1. The Hall–Kier alpha value is -2.15. The molecule has 0 radical (unpaired) electrons. The van der Waals surface area contributed by atoms with Crippen LogP contribution < -0.4 is 10.1 Å². The molecule has 0 bridgehead atoms. The number of phenolic OH excluding ortho intramolecular Hbond substituents is 1. The molecule has 0 aliphatic rings. The smallest absolute Gasteiger partial charge is 0.188 e. The van der Waals surface area contributed by atoms with Crippen LogP contribution in [0.4, 0.5) is 0 Å². The highest BCUT2D eigenvalue weighted by molar-refractivity contribution is 5.39. The van der Waals surface area contributed by atoms with E-state index in [1.54, 1.807) is 25.3 Å². The lowest BCUT2D eigenvalue weighted by Gasteiger charge is -2.07. The summed E-state index contributed by atoms with van der Waals surface area (Å²) in [6.45, 7) is 1.01. The fraction of sp³-hybridized carbons (Fsp3) is 0.300. The molecule has 1 aromatic carbocycles. The third-order valence-corrected chi connectivity index (χ3v) is 2.28. The SMILES string of the molecule is COc1ccc(CNCc2nn[nH]n2)c(O)c1. The molecule has 3 N–H and O–H groups in total. The van der Waals surface area contributed by atoms with E-state index in [1.807, 2.05) is 0 Å². The maximum Gasteiger partial charge on any atom is 0.188 e. The molecule has 0 saturated carbocycles. The second kappa shape index (κ2) is 5.26. The van der Waals surface area contributed by atoms with Gasteiger partial charge in [0.1, 0.15) is 11.5 Å². The topological polar surface area (TPSA) is 96.0 Å². The van der Waals surface area contributed by atoms with Gasteiger partial charge in [0.05, 0.1) is 13.7 Å². The van der Waals surface area contributed by atoms with E-state index in [2.05, 4.69) is 25.9 Å². The molecule has 1 aromatic heterocycles. The molecule has 0 saturated heterocycles. The molecule has 0 amide bonds. The lowest BCUT2D eigenvalue weighted by atomic mass is 10.2. The Balaban J connectivity index is 1.90. The van der Waals surface area contributed by atoms with Crippen molar-refractivity contribution in [2.75, 3.05) is 7.11 Å². The molecule has 0 fully saturated rings. The van der Waals surface area contributed by atoms with Crippen LogP contribution in [0.5, 0.6) is 11.5 Å². The lowest BCUT2D eigenvalue weighted by Crippen LogP contribution is -2.13. The monoisotopic (exact) mass is 235 g/mol. The van der Waals surface area contributed by atoms with Crippen molar-refractivity contribution < 1.29 is 9.84 Å². The Morgan fingerprint density at radius 3 is 2.94 bits per heavy atom. The zero-order valence-corrected chi connectivity index (χ0v) is 9.34. The number of phenols is 1. The van der Waals surface area contributed by atoms with Crippen LogP contribution in [0.3, 0.4) is 0 Å². The number of H-pyrrole nitrogens is 1. The van der Waals surface area contributed by atoms with Crippen molar-refractivity contribution in [3.05, 3.63) is 29.6 Å². The number of benzene rings is 1. The van der Waals surface area contributed by atoms with Crippen LogP contribution in [0.15, 0.2) is 18.2 Å². The second-order valence-electron chi connectivity index (χ2n) is 3.43. The highest BCUT2D eigenvalue weighted by atomic mass is 16.5. The Bertz CT molecular complexity index is 472. The van der Waals surface area contributed by atoms with Crippen LogP contribution >= 0.6 is 0 Å². The van der Waals surface area contributed by atoms with Gasteiger partial charge in [-0.3, -0.25) is 0 Å². The zero-order chi connectivity index (χ0) is 12.1. The molecule has 0 unspecified atom stereocenters. The van der Waals surface area contributed by atoms with Crippen LogP contribution in [0.25, 0.3) is 0 Å². The van der Waals surface area contributed by atoms with Crippen LogP contribution in [-0.4, -0.2) is 32.8 Å². The van der Waals surface area contributed by atoms with Crippen LogP contribution in [-0.2, 0) is 13.1 Å². The first-order chi connectivity index (χ1) is 8.29. The average Bonchev–Trinajstić information content (AvgIpc) is 2.84. The number of ether oxygens (including phenoxy) is 1. The Morgan fingerprint density at radius 2 is 2.29 bits per heavy atom. The van der Waals surface area contributed by atoms with E-state index < -0.39 is 0 Å². The first-order valence-corrected chi connectivity index (χ1v) is 5.08. The molecule has 0 aliphatic heterocycles. The summed E-state index contributed by atoms with van der Waals surface area (Å²) in [7, 11) is 1.56. The number of hydrogen-bond donors (Lipinski definition) is 3. The molecular weight excluding hydrogens is 222 g/mol. The predicted octanol–water partition coefficient (Wildman–Crippen LogP) is 0.204. The number of tetrazole rings is 1. The third-order valence-electron chi connectivity index (χ3n) is 2.28. The first kappa shape index (κ1) is 11.3. The van der Waals surface area contributed by atoms with Gasteiger partial charge in [-0.15, -0.1) is 10.2 Å². The number of rotatable bonds is 5. The van der Waals surface area contributed by atoms with Crippen molar-refractivity contribution in [3.63, 3.8) is 0 Å². The minimum Gasteiger partial charge on any atom is -0.507 e. The predicted molar refractivity (Wildman–Crippen MR) is 59.4 cm³/mol. The van der Waals surface area contributed by atoms with Crippen LogP contribution in [0, 0.1) is 0 Å². The molecule has 0 spiro atoms. The van der Waals surface area contributed by atoms with Gasteiger partial charge >= 0.3 is 0 Å². The van der Waals surface area contributed by atoms with E-state index in [0.717, 1.165) is 5.56 Å². The molecule has 0 aliphatic carbocycles. The van der Waals surface area contributed by atoms with Crippen molar-refractivity contribution in [1.29, 1.82) is 0 Å². The van der Waals surface area contributed by atoms with E-state index in [9.17, 15) is 5.11 Å². The van der Waals surface area contributed by atoms with Crippen molar-refractivity contribution in [3.8, 4) is 11.5 Å². The minimum absolute atomic E-state index is 0.199. The molecule has 2 rings (SSSR count). The van der Waals surface area contributed by atoms with Gasteiger partial charge in [0.15, 0.2) is 5.82 Å². The largest absolute Gasteiger partial charge is 0.507 e. The fourth-order valence-electron chi connectivity index (χ4n) is 1.39. The fourth-order valence-corrected chi connectivity index (χ4v) is 1.39. The van der Waals surface area contributed by atoms with E-state index in [0.29, 0.717) is 24.7 Å². The quantitative estimate of drug-likeness (QED) is 0.685. The van der Waals surface area contributed by atoms with E-state index >= 15 is 0 Å². The first-order valence-electron chi connectivity index (χ1n) is 5.08. The Kier molecular flexibility index (Phi) is 3.51. The van der Waals surface area contributed by atoms with Crippen molar-refractivity contribution in [1.82, 2.24) is 25.9 Å². The van der Waals surface area contributed by atoms with Crippen LogP contribution in [0.1, 0.15) is 11.4 Å². The van der Waals surface area contributed by atoms with Crippen molar-refractivity contribution in [2.45, 2.75) is 13.1 Å². The summed E-state index contributed by atoms with van der Waals surface area (Å²) in [4.78, 5) is 0. The van der Waals surface area contributed by atoms with E-state index in [1.165, 1.54) is 0 Å². The van der Waals surface area contributed by atoms with Crippen LogP contribution in [0.2, 0.25) is 0 Å². The number of nitrogens with zero attached hydrogens (tertiary/aromatic N) is 3. The summed E-state index contributed by atoms with van der Waals surface area (Å²) in [5.41, 5.74) is 0.786. The van der Waals surface area contributed by atoms with Crippen molar-refractivity contribution >= 4 is 0 Å². The van der Waals surface area contributed by atoms with Gasteiger partial charge in [0, 0.05) is 18.2 Å². The Labute approximate surface area is 97.8 Å². The number of aromatic nitrogens is 4. The molecule has 2 aromatic rings. The number of aromatic amines is 1. The van der Waals surface area contributed by atoms with Gasteiger partial charge in [-0.05, 0) is 6.07 Å². The maximum atomic E-state index is 9.71. The molecule has 7 nitrogen and oxygen atoms in total. The highest BCUT2D eigenvalue weighted by Gasteiger charge is 2.03. The van der Waals surface area contributed by atoms with Gasteiger partial charge < -0.3 is 15.2 Å². The number of hydrogen-bond acceptors (Lipinski definition) is 6. The highest BCUT2D eigenvalue weighted by Crippen LogP contribution is 2.22. The summed E-state index contributed by atoms with van der Waals surface area (Å²) in [5, 5.41) is 26.2. The van der Waals surface area contributed by atoms with Gasteiger partial charge in [-0.1, -0.05) is 11.3 Å². The molecule has 17 heavy (non-hydrogen) atoms. The summed E-state index contributed by atoms with van der Waals surface area (Å²) in [5.74, 6) is 1.41. The van der Waals surface area contributed by atoms with Gasteiger partial charge in [-0.2, -0.15) is 5.21 Å². The van der Waals surface area contributed by atoms with Gasteiger partial charge in [0.25, 0.3) is 0 Å². The minimum atomic E-state index is 0.199. The summed E-state index contributed by atoms with van der Waals surface area (Å²) >= 11 is 0.